The van der Waals surface area contributed by atoms with Crippen molar-refractivity contribution >= 4 is 21.9 Å². The summed E-state index contributed by atoms with van der Waals surface area (Å²) in [6, 6.07) is 0. The van der Waals surface area contributed by atoms with Gasteiger partial charge >= 0.3 is 5.97 Å². The van der Waals surface area contributed by atoms with Crippen molar-refractivity contribution in [2.24, 2.45) is 0 Å². The molecule has 0 heterocycles. The van der Waals surface area contributed by atoms with Crippen molar-refractivity contribution in [3.8, 4) is 0 Å². The van der Waals surface area contributed by atoms with Crippen molar-refractivity contribution in [3.63, 3.8) is 0 Å². The molecular formula is C8H13BrO2. The molecule has 0 aliphatic heterocycles. The largest absolute Gasteiger partial charge is 0.462 e. The van der Waals surface area contributed by atoms with Crippen LogP contribution in [0.25, 0.3) is 0 Å². The molecule has 0 rings (SSSR count). The van der Waals surface area contributed by atoms with E-state index in [0.29, 0.717) is 12.2 Å². The summed E-state index contributed by atoms with van der Waals surface area (Å²) < 4.78 is 4.85. The molecule has 0 aliphatic rings. The maximum atomic E-state index is 11.0. The average Bonchev–Trinajstić information content (AvgIpc) is 1.98. The number of esters is 1. The molecule has 0 amide bonds. The van der Waals surface area contributed by atoms with Gasteiger partial charge in [-0.05, 0) is 13.3 Å². The minimum Gasteiger partial charge on any atom is -0.462 e. The number of carbonyl (C=O) groups is 1. The first-order chi connectivity index (χ1) is 5.09. The molecule has 64 valence electrons. The maximum Gasteiger partial charge on any atom is 0.334 e. The SMILES string of the molecule is C=C(C(=O)OCCC)C(C)Br. The summed E-state index contributed by atoms with van der Waals surface area (Å²) in [5.41, 5.74) is 0.471. The van der Waals surface area contributed by atoms with Crippen LogP contribution in [0.1, 0.15) is 20.3 Å². The molecule has 0 aromatic rings. The van der Waals surface area contributed by atoms with E-state index in [2.05, 4.69) is 22.5 Å². The van der Waals surface area contributed by atoms with Crippen LogP contribution in [-0.2, 0) is 9.53 Å². The van der Waals surface area contributed by atoms with E-state index in [4.69, 9.17) is 4.74 Å². The zero-order valence-corrected chi connectivity index (χ0v) is 8.48. The van der Waals surface area contributed by atoms with Gasteiger partial charge < -0.3 is 4.74 Å². The number of alkyl halides is 1. The number of hydrogen-bond acceptors (Lipinski definition) is 2. The summed E-state index contributed by atoms with van der Waals surface area (Å²) in [5.74, 6) is -0.309. The zero-order chi connectivity index (χ0) is 8.85. The van der Waals surface area contributed by atoms with E-state index in [0.717, 1.165) is 6.42 Å². The van der Waals surface area contributed by atoms with Crippen molar-refractivity contribution < 1.29 is 9.53 Å². The van der Waals surface area contributed by atoms with Gasteiger partial charge in [0.1, 0.15) is 0 Å². The van der Waals surface area contributed by atoms with E-state index in [-0.39, 0.29) is 10.8 Å². The Kier molecular flexibility index (Phi) is 5.20. The molecule has 3 heteroatoms. The van der Waals surface area contributed by atoms with Gasteiger partial charge in [-0.1, -0.05) is 29.4 Å². The fraction of sp³-hybridized carbons (Fsp3) is 0.625. The molecule has 0 radical (unpaired) electrons. The van der Waals surface area contributed by atoms with Crippen molar-refractivity contribution in [1.82, 2.24) is 0 Å². The van der Waals surface area contributed by atoms with Gasteiger partial charge in [0.2, 0.25) is 0 Å². The van der Waals surface area contributed by atoms with Crippen LogP contribution in [0.4, 0.5) is 0 Å². The Hall–Kier alpha value is -0.310. The highest BCUT2D eigenvalue weighted by Gasteiger charge is 2.12. The van der Waals surface area contributed by atoms with Crippen molar-refractivity contribution in [2.75, 3.05) is 6.61 Å². The number of carbonyl (C=O) groups excluding carboxylic acids is 1. The van der Waals surface area contributed by atoms with Crippen LogP contribution in [0, 0.1) is 0 Å². The lowest BCUT2D eigenvalue weighted by molar-refractivity contribution is -0.139. The third kappa shape index (κ3) is 4.19. The molecule has 0 aliphatic carbocycles. The first kappa shape index (κ1) is 10.7. The quantitative estimate of drug-likeness (QED) is 0.413. The number of rotatable bonds is 4. The molecule has 1 atom stereocenters. The van der Waals surface area contributed by atoms with Crippen LogP contribution in [0.5, 0.6) is 0 Å². The molecule has 0 spiro atoms. The molecule has 11 heavy (non-hydrogen) atoms. The normalized spacial score (nSPS) is 12.3. The van der Waals surface area contributed by atoms with Crippen LogP contribution < -0.4 is 0 Å². The first-order valence-corrected chi connectivity index (χ1v) is 4.51. The summed E-state index contributed by atoms with van der Waals surface area (Å²) in [4.78, 5) is 11.0. The zero-order valence-electron chi connectivity index (χ0n) is 6.89. The fourth-order valence-electron chi connectivity index (χ4n) is 0.450. The summed E-state index contributed by atoms with van der Waals surface area (Å²) in [5, 5.41) is 0. The highest BCUT2D eigenvalue weighted by Crippen LogP contribution is 2.10. The molecule has 0 aromatic carbocycles. The van der Waals surface area contributed by atoms with Crippen LogP contribution >= 0.6 is 15.9 Å². The minimum atomic E-state index is -0.309. The molecule has 0 fully saturated rings. The van der Waals surface area contributed by atoms with E-state index in [1.165, 1.54) is 0 Å². The second kappa shape index (κ2) is 5.35. The van der Waals surface area contributed by atoms with Gasteiger partial charge in [-0.15, -0.1) is 0 Å². The fourth-order valence-corrected chi connectivity index (χ4v) is 0.637. The van der Waals surface area contributed by atoms with Gasteiger partial charge in [0.15, 0.2) is 0 Å². The Morgan fingerprint density at radius 2 is 2.27 bits per heavy atom. The van der Waals surface area contributed by atoms with Crippen LogP contribution in [0.3, 0.4) is 0 Å². The van der Waals surface area contributed by atoms with Gasteiger partial charge in [-0.2, -0.15) is 0 Å². The second-order valence-corrected chi connectivity index (χ2v) is 3.65. The van der Waals surface area contributed by atoms with Gasteiger partial charge in [0.25, 0.3) is 0 Å². The lowest BCUT2D eigenvalue weighted by Gasteiger charge is -2.06. The molecular weight excluding hydrogens is 208 g/mol. The van der Waals surface area contributed by atoms with Gasteiger partial charge in [-0.25, -0.2) is 4.79 Å². The highest BCUT2D eigenvalue weighted by molar-refractivity contribution is 9.09. The predicted octanol–water partition coefficient (Wildman–Crippen LogP) is 2.28. The summed E-state index contributed by atoms with van der Waals surface area (Å²) >= 11 is 3.23. The van der Waals surface area contributed by atoms with E-state index < -0.39 is 0 Å². The minimum absolute atomic E-state index is 0.00754. The van der Waals surface area contributed by atoms with E-state index in [1.54, 1.807) is 0 Å². The first-order valence-electron chi connectivity index (χ1n) is 3.59. The Labute approximate surface area is 75.7 Å². The highest BCUT2D eigenvalue weighted by atomic mass is 79.9. The van der Waals surface area contributed by atoms with E-state index >= 15 is 0 Å². The molecule has 2 nitrogen and oxygen atoms in total. The van der Waals surface area contributed by atoms with Crippen molar-refractivity contribution in [3.05, 3.63) is 12.2 Å². The van der Waals surface area contributed by atoms with Gasteiger partial charge in [0, 0.05) is 10.4 Å². The summed E-state index contributed by atoms with van der Waals surface area (Å²) in [7, 11) is 0. The standard InChI is InChI=1S/C8H13BrO2/c1-4-5-11-8(10)6(2)7(3)9/h7H,2,4-5H2,1,3H3. The topological polar surface area (TPSA) is 26.3 Å². The van der Waals surface area contributed by atoms with Crippen LogP contribution in [0.2, 0.25) is 0 Å². The van der Waals surface area contributed by atoms with Crippen molar-refractivity contribution in [2.45, 2.75) is 25.1 Å². The van der Waals surface area contributed by atoms with Gasteiger partial charge in [0.05, 0.1) is 6.61 Å². The van der Waals surface area contributed by atoms with Crippen LogP contribution in [0.15, 0.2) is 12.2 Å². The van der Waals surface area contributed by atoms with Crippen molar-refractivity contribution in [1.29, 1.82) is 0 Å². The summed E-state index contributed by atoms with van der Waals surface area (Å²) in [6.45, 7) is 7.85. The number of ether oxygens (including phenoxy) is 1. The number of hydrogen-bond donors (Lipinski definition) is 0. The lowest BCUT2D eigenvalue weighted by Crippen LogP contribution is -2.12. The predicted molar refractivity (Wildman–Crippen MR) is 48.8 cm³/mol. The molecule has 0 saturated heterocycles. The lowest BCUT2D eigenvalue weighted by atomic mass is 10.2. The van der Waals surface area contributed by atoms with Crippen LogP contribution in [-0.4, -0.2) is 17.4 Å². The van der Waals surface area contributed by atoms with Gasteiger partial charge in [-0.3, -0.25) is 0 Å². The molecule has 0 N–H and O–H groups in total. The van der Waals surface area contributed by atoms with E-state index in [9.17, 15) is 4.79 Å². The Morgan fingerprint density at radius 1 is 1.73 bits per heavy atom. The third-order valence-electron chi connectivity index (χ3n) is 1.18. The second-order valence-electron chi connectivity index (χ2n) is 2.28. The third-order valence-corrected chi connectivity index (χ3v) is 1.73. The molecule has 1 unspecified atom stereocenters. The smallest absolute Gasteiger partial charge is 0.334 e. The molecule has 0 saturated carbocycles. The molecule has 0 bridgehead atoms. The average molecular weight is 221 g/mol. The van der Waals surface area contributed by atoms with E-state index in [1.807, 2.05) is 13.8 Å². The Balaban J connectivity index is 3.75. The maximum absolute atomic E-state index is 11.0. The number of halogens is 1. The monoisotopic (exact) mass is 220 g/mol. The Morgan fingerprint density at radius 3 is 2.64 bits per heavy atom. The Bertz CT molecular complexity index is 152. The summed E-state index contributed by atoms with van der Waals surface area (Å²) in [6.07, 6.45) is 0.843. The molecule has 0 aromatic heterocycles.